The molecule has 122 valence electrons. The van der Waals surface area contributed by atoms with Gasteiger partial charge in [0.1, 0.15) is 5.54 Å². The van der Waals surface area contributed by atoms with Gasteiger partial charge in [0, 0.05) is 0 Å². The monoisotopic (exact) mass is 326 g/mol. The van der Waals surface area contributed by atoms with Crippen molar-refractivity contribution < 1.29 is 0 Å². The number of aromatic nitrogens is 3. The Morgan fingerprint density at radius 2 is 1.04 bits per heavy atom. The van der Waals surface area contributed by atoms with Gasteiger partial charge in [-0.25, -0.2) is 4.68 Å². The third-order valence-electron chi connectivity index (χ3n) is 4.43. The fourth-order valence-corrected chi connectivity index (χ4v) is 3.38. The summed E-state index contributed by atoms with van der Waals surface area (Å²) in [4.78, 5) is 0. The Kier molecular flexibility index (Phi) is 3.78. The summed E-state index contributed by atoms with van der Waals surface area (Å²) in [5.74, 6) is 0.396. The summed E-state index contributed by atoms with van der Waals surface area (Å²) < 4.78 is 1.85. The minimum absolute atomic E-state index is 0.396. The topological polar surface area (TPSA) is 56.7 Å². The van der Waals surface area contributed by atoms with Gasteiger partial charge in [0.15, 0.2) is 5.82 Å². The van der Waals surface area contributed by atoms with Crippen LogP contribution in [0.5, 0.6) is 0 Å². The lowest BCUT2D eigenvalue weighted by Crippen LogP contribution is -2.38. The van der Waals surface area contributed by atoms with Crippen LogP contribution in [0.1, 0.15) is 16.7 Å². The van der Waals surface area contributed by atoms with Crippen LogP contribution in [0.15, 0.2) is 97.2 Å². The van der Waals surface area contributed by atoms with Gasteiger partial charge >= 0.3 is 0 Å². The van der Waals surface area contributed by atoms with E-state index in [4.69, 9.17) is 5.73 Å². The van der Waals surface area contributed by atoms with Gasteiger partial charge in [-0.05, 0) is 16.7 Å². The van der Waals surface area contributed by atoms with E-state index in [0.717, 1.165) is 16.7 Å². The molecular weight excluding hydrogens is 308 g/mol. The molecule has 1 heterocycles. The largest absolute Gasteiger partial charge is 0.381 e. The van der Waals surface area contributed by atoms with Gasteiger partial charge in [0.05, 0.1) is 6.20 Å². The van der Waals surface area contributed by atoms with Gasteiger partial charge in [0.25, 0.3) is 0 Å². The van der Waals surface area contributed by atoms with E-state index in [-0.39, 0.29) is 0 Å². The molecule has 0 spiro atoms. The first-order valence-electron chi connectivity index (χ1n) is 8.16. The number of rotatable bonds is 4. The lowest BCUT2D eigenvalue weighted by molar-refractivity contribution is 0.446. The van der Waals surface area contributed by atoms with E-state index in [2.05, 4.69) is 46.7 Å². The molecule has 0 aliphatic heterocycles. The quantitative estimate of drug-likeness (QED) is 0.582. The highest BCUT2D eigenvalue weighted by atomic mass is 15.5. The molecule has 4 nitrogen and oxygen atoms in total. The van der Waals surface area contributed by atoms with Crippen molar-refractivity contribution in [3.63, 3.8) is 0 Å². The zero-order valence-electron chi connectivity index (χ0n) is 13.7. The van der Waals surface area contributed by atoms with Gasteiger partial charge in [-0.1, -0.05) is 96.2 Å². The fourth-order valence-electron chi connectivity index (χ4n) is 3.38. The average molecular weight is 326 g/mol. The predicted octanol–water partition coefficient (Wildman–Crippen LogP) is 3.70. The molecule has 0 aliphatic rings. The standard InChI is InChI=1S/C21H18N4/c22-20-16-25(24-23-20)21(17-10-4-1-5-11-17,18-12-6-2-7-13-18)19-14-8-3-9-15-19/h1-16H,22H2. The molecule has 25 heavy (non-hydrogen) atoms. The normalized spacial score (nSPS) is 11.4. The third kappa shape index (κ3) is 2.48. The second-order valence-corrected chi connectivity index (χ2v) is 5.90. The van der Waals surface area contributed by atoms with E-state index < -0.39 is 5.54 Å². The highest BCUT2D eigenvalue weighted by molar-refractivity contribution is 5.50. The minimum atomic E-state index is -0.644. The average Bonchev–Trinajstić information content (AvgIpc) is 3.12. The second-order valence-electron chi connectivity index (χ2n) is 5.90. The van der Waals surface area contributed by atoms with Crippen LogP contribution in [-0.4, -0.2) is 15.0 Å². The van der Waals surface area contributed by atoms with Crippen LogP contribution in [0.25, 0.3) is 0 Å². The van der Waals surface area contributed by atoms with E-state index in [9.17, 15) is 0 Å². The lowest BCUT2D eigenvalue weighted by Gasteiger charge is -2.35. The van der Waals surface area contributed by atoms with Crippen molar-refractivity contribution in [1.82, 2.24) is 15.0 Å². The molecule has 0 saturated heterocycles. The van der Waals surface area contributed by atoms with E-state index in [1.165, 1.54) is 0 Å². The first kappa shape index (κ1) is 15.1. The van der Waals surface area contributed by atoms with Crippen molar-refractivity contribution in [3.05, 3.63) is 114 Å². The molecule has 3 aromatic carbocycles. The predicted molar refractivity (Wildman–Crippen MR) is 99.0 cm³/mol. The molecule has 0 atom stereocenters. The number of anilines is 1. The first-order chi connectivity index (χ1) is 12.3. The van der Waals surface area contributed by atoms with Crippen molar-refractivity contribution in [3.8, 4) is 0 Å². The van der Waals surface area contributed by atoms with Crippen molar-refractivity contribution in [2.45, 2.75) is 5.54 Å². The van der Waals surface area contributed by atoms with Crippen LogP contribution >= 0.6 is 0 Å². The molecule has 0 amide bonds. The molecule has 0 fully saturated rings. The van der Waals surface area contributed by atoms with Crippen molar-refractivity contribution in [2.24, 2.45) is 0 Å². The van der Waals surface area contributed by atoms with Crippen LogP contribution in [0, 0.1) is 0 Å². The number of benzene rings is 3. The molecule has 4 rings (SSSR count). The van der Waals surface area contributed by atoms with Gasteiger partial charge < -0.3 is 5.73 Å². The molecule has 0 unspecified atom stereocenters. The highest BCUT2D eigenvalue weighted by Crippen LogP contribution is 2.40. The summed E-state index contributed by atoms with van der Waals surface area (Å²) in [5, 5.41) is 8.41. The van der Waals surface area contributed by atoms with Crippen molar-refractivity contribution in [2.75, 3.05) is 5.73 Å². The maximum Gasteiger partial charge on any atom is 0.166 e. The molecule has 0 saturated carbocycles. The number of hydrogen-bond donors (Lipinski definition) is 1. The molecule has 0 bridgehead atoms. The molecule has 4 aromatic rings. The summed E-state index contributed by atoms with van der Waals surface area (Å²) in [7, 11) is 0. The fraction of sp³-hybridized carbons (Fsp3) is 0.0476. The van der Waals surface area contributed by atoms with Crippen LogP contribution in [0.2, 0.25) is 0 Å². The first-order valence-corrected chi connectivity index (χ1v) is 8.16. The van der Waals surface area contributed by atoms with E-state index >= 15 is 0 Å². The summed E-state index contributed by atoms with van der Waals surface area (Å²) in [5.41, 5.74) is 8.55. The molecule has 0 aliphatic carbocycles. The number of hydrogen-bond acceptors (Lipinski definition) is 3. The Morgan fingerprint density at radius 1 is 0.640 bits per heavy atom. The molecule has 4 heteroatoms. The Labute approximate surface area is 146 Å². The SMILES string of the molecule is Nc1cn(C(c2ccccc2)(c2ccccc2)c2ccccc2)nn1. The second kappa shape index (κ2) is 6.24. The summed E-state index contributed by atoms with van der Waals surface area (Å²) >= 11 is 0. The maximum atomic E-state index is 5.92. The van der Waals surface area contributed by atoms with Crippen LogP contribution in [-0.2, 0) is 5.54 Å². The number of nitrogens with zero attached hydrogens (tertiary/aromatic N) is 3. The Morgan fingerprint density at radius 3 is 1.36 bits per heavy atom. The van der Waals surface area contributed by atoms with Crippen LogP contribution < -0.4 is 5.73 Å². The third-order valence-corrected chi connectivity index (χ3v) is 4.43. The van der Waals surface area contributed by atoms with Gasteiger partial charge in [-0.3, -0.25) is 0 Å². The Balaban J connectivity index is 2.12. The van der Waals surface area contributed by atoms with E-state index in [1.54, 1.807) is 6.20 Å². The molecule has 0 radical (unpaired) electrons. The number of nitrogen functional groups attached to an aromatic ring is 1. The maximum absolute atomic E-state index is 5.92. The van der Waals surface area contributed by atoms with Crippen LogP contribution in [0.4, 0.5) is 5.82 Å². The molecular formula is C21H18N4. The van der Waals surface area contributed by atoms with E-state index in [1.807, 2.05) is 59.3 Å². The Bertz CT molecular complexity index is 850. The minimum Gasteiger partial charge on any atom is -0.381 e. The van der Waals surface area contributed by atoms with E-state index in [0.29, 0.717) is 5.82 Å². The van der Waals surface area contributed by atoms with Crippen molar-refractivity contribution >= 4 is 5.82 Å². The zero-order chi connectivity index (χ0) is 17.1. The van der Waals surface area contributed by atoms with Gasteiger partial charge in [-0.15, -0.1) is 5.10 Å². The Hall–Kier alpha value is -3.40. The zero-order valence-corrected chi connectivity index (χ0v) is 13.7. The summed E-state index contributed by atoms with van der Waals surface area (Å²) in [6.45, 7) is 0. The number of nitrogens with two attached hydrogens (primary N) is 1. The molecule has 2 N–H and O–H groups in total. The summed E-state index contributed by atoms with van der Waals surface area (Å²) in [6.07, 6.45) is 1.78. The lowest BCUT2D eigenvalue weighted by atomic mass is 9.77. The van der Waals surface area contributed by atoms with Gasteiger partial charge in [-0.2, -0.15) is 0 Å². The van der Waals surface area contributed by atoms with Crippen molar-refractivity contribution in [1.29, 1.82) is 0 Å². The molecule has 1 aromatic heterocycles. The summed E-state index contributed by atoms with van der Waals surface area (Å²) in [6, 6.07) is 30.9. The smallest absolute Gasteiger partial charge is 0.166 e. The highest BCUT2D eigenvalue weighted by Gasteiger charge is 2.39. The van der Waals surface area contributed by atoms with Gasteiger partial charge in [0.2, 0.25) is 0 Å². The van der Waals surface area contributed by atoms with Crippen LogP contribution in [0.3, 0.4) is 0 Å².